The summed E-state index contributed by atoms with van der Waals surface area (Å²) in [6.45, 7) is 5.38. The summed E-state index contributed by atoms with van der Waals surface area (Å²) < 4.78 is 0. The van der Waals surface area contributed by atoms with Crippen molar-refractivity contribution in [3.63, 3.8) is 0 Å². The molecule has 0 spiro atoms. The van der Waals surface area contributed by atoms with Gasteiger partial charge in [0, 0.05) is 44.7 Å². The molecule has 0 bridgehead atoms. The lowest BCUT2D eigenvalue weighted by molar-refractivity contribution is 0.188. The van der Waals surface area contributed by atoms with E-state index in [2.05, 4.69) is 45.4 Å². The van der Waals surface area contributed by atoms with Gasteiger partial charge in [-0.05, 0) is 24.1 Å². The van der Waals surface area contributed by atoms with Crippen LogP contribution in [0.1, 0.15) is 5.56 Å². The highest BCUT2D eigenvalue weighted by Gasteiger charge is 2.20. The van der Waals surface area contributed by atoms with Gasteiger partial charge in [0.05, 0.1) is 12.1 Å². The zero-order valence-electron chi connectivity index (χ0n) is 16.1. The number of nitrogens with zero attached hydrogens (tertiary/aromatic N) is 4. The minimum absolute atomic E-state index is 0.210. The number of hydrogen-bond donors (Lipinski definition) is 2. The number of anilines is 2. The molecule has 6 heteroatoms. The number of nitrogens with one attached hydrogen (secondary N) is 1. The number of aromatic nitrogens is 2. The van der Waals surface area contributed by atoms with Crippen molar-refractivity contribution in [1.82, 2.24) is 14.9 Å². The van der Waals surface area contributed by atoms with Crippen LogP contribution in [-0.2, 0) is 6.42 Å². The highest BCUT2D eigenvalue weighted by atomic mass is 16.3. The number of benzene rings is 2. The van der Waals surface area contributed by atoms with E-state index in [1.54, 1.807) is 0 Å². The Morgan fingerprint density at radius 2 is 1.64 bits per heavy atom. The fourth-order valence-electron chi connectivity index (χ4n) is 3.62. The standard InChI is InChI=1S/C22H27N5O/c28-17-16-26-12-14-27(15-13-26)22-24-20-9-5-4-8-19(20)21(25-22)23-11-10-18-6-2-1-3-7-18/h1-9,28H,10-17H2,(H,23,24,25). The van der Waals surface area contributed by atoms with E-state index < -0.39 is 0 Å². The molecule has 1 aliphatic rings. The van der Waals surface area contributed by atoms with Crippen molar-refractivity contribution in [3.8, 4) is 0 Å². The van der Waals surface area contributed by atoms with Gasteiger partial charge < -0.3 is 15.3 Å². The second-order valence-electron chi connectivity index (χ2n) is 7.10. The Balaban J connectivity index is 1.50. The number of rotatable bonds is 7. The molecule has 1 aliphatic heterocycles. The van der Waals surface area contributed by atoms with Crippen LogP contribution in [0, 0.1) is 0 Å². The number of para-hydroxylation sites is 1. The number of hydrogen-bond acceptors (Lipinski definition) is 6. The molecule has 146 valence electrons. The first-order chi connectivity index (χ1) is 13.8. The van der Waals surface area contributed by atoms with Crippen LogP contribution in [0.5, 0.6) is 0 Å². The maximum atomic E-state index is 9.13. The highest BCUT2D eigenvalue weighted by molar-refractivity contribution is 5.90. The molecular weight excluding hydrogens is 350 g/mol. The summed E-state index contributed by atoms with van der Waals surface area (Å²) in [4.78, 5) is 14.2. The third-order valence-corrected chi connectivity index (χ3v) is 5.21. The molecule has 4 rings (SSSR count). The molecule has 3 aromatic rings. The quantitative estimate of drug-likeness (QED) is 0.659. The molecule has 1 fully saturated rings. The molecule has 0 saturated carbocycles. The summed E-state index contributed by atoms with van der Waals surface area (Å²) in [6.07, 6.45) is 0.953. The third-order valence-electron chi connectivity index (χ3n) is 5.21. The van der Waals surface area contributed by atoms with Gasteiger partial charge in [-0.3, -0.25) is 4.90 Å². The lowest BCUT2D eigenvalue weighted by atomic mass is 10.1. The Morgan fingerprint density at radius 1 is 0.893 bits per heavy atom. The fraction of sp³-hybridized carbons (Fsp3) is 0.364. The Hall–Kier alpha value is -2.70. The van der Waals surface area contributed by atoms with E-state index in [1.807, 2.05) is 24.3 Å². The van der Waals surface area contributed by atoms with Gasteiger partial charge in [0.1, 0.15) is 5.82 Å². The molecule has 2 N–H and O–H groups in total. The van der Waals surface area contributed by atoms with Crippen LogP contribution in [0.25, 0.3) is 10.9 Å². The summed E-state index contributed by atoms with van der Waals surface area (Å²) in [5, 5.41) is 13.7. The Morgan fingerprint density at radius 3 is 2.43 bits per heavy atom. The fourth-order valence-corrected chi connectivity index (χ4v) is 3.62. The summed E-state index contributed by atoms with van der Waals surface area (Å²) in [7, 11) is 0. The van der Waals surface area contributed by atoms with Crippen molar-refractivity contribution >= 4 is 22.7 Å². The second kappa shape index (κ2) is 8.99. The van der Waals surface area contributed by atoms with Crippen molar-refractivity contribution in [2.24, 2.45) is 0 Å². The molecule has 1 saturated heterocycles. The topological polar surface area (TPSA) is 64.5 Å². The first kappa shape index (κ1) is 18.7. The van der Waals surface area contributed by atoms with E-state index in [0.717, 1.165) is 68.4 Å². The molecule has 0 aliphatic carbocycles. The number of aliphatic hydroxyl groups excluding tert-OH is 1. The lowest BCUT2D eigenvalue weighted by Gasteiger charge is -2.34. The molecule has 0 amide bonds. The van der Waals surface area contributed by atoms with Gasteiger partial charge in [0.15, 0.2) is 0 Å². The molecule has 28 heavy (non-hydrogen) atoms. The Labute approximate surface area is 165 Å². The van der Waals surface area contributed by atoms with Gasteiger partial charge in [-0.15, -0.1) is 0 Å². The average Bonchev–Trinajstić information content (AvgIpc) is 2.75. The minimum atomic E-state index is 0.210. The second-order valence-corrected chi connectivity index (χ2v) is 7.10. The van der Waals surface area contributed by atoms with Gasteiger partial charge in [-0.25, -0.2) is 4.98 Å². The van der Waals surface area contributed by atoms with Crippen molar-refractivity contribution in [2.75, 3.05) is 56.1 Å². The lowest BCUT2D eigenvalue weighted by Crippen LogP contribution is -2.47. The third kappa shape index (κ3) is 4.40. The Kier molecular flexibility index (Phi) is 5.99. The smallest absolute Gasteiger partial charge is 0.227 e. The highest BCUT2D eigenvalue weighted by Crippen LogP contribution is 2.24. The largest absolute Gasteiger partial charge is 0.395 e. The van der Waals surface area contributed by atoms with Crippen LogP contribution >= 0.6 is 0 Å². The normalized spacial score (nSPS) is 15.1. The molecule has 0 radical (unpaired) electrons. The average molecular weight is 377 g/mol. The van der Waals surface area contributed by atoms with Crippen molar-refractivity contribution in [3.05, 3.63) is 60.2 Å². The van der Waals surface area contributed by atoms with Gasteiger partial charge >= 0.3 is 0 Å². The van der Waals surface area contributed by atoms with E-state index in [1.165, 1.54) is 5.56 Å². The van der Waals surface area contributed by atoms with Crippen molar-refractivity contribution in [1.29, 1.82) is 0 Å². The summed E-state index contributed by atoms with van der Waals surface area (Å²) in [6, 6.07) is 18.7. The van der Waals surface area contributed by atoms with Crippen LogP contribution in [0.2, 0.25) is 0 Å². The molecule has 2 heterocycles. The minimum Gasteiger partial charge on any atom is -0.395 e. The molecule has 6 nitrogen and oxygen atoms in total. The first-order valence-electron chi connectivity index (χ1n) is 9.96. The number of β-amino-alcohol motifs (C(OH)–C–C–N with tert-alkyl or cyclic N) is 1. The molecule has 0 atom stereocenters. The predicted molar refractivity (Wildman–Crippen MR) is 114 cm³/mol. The van der Waals surface area contributed by atoms with Gasteiger partial charge in [0.25, 0.3) is 0 Å². The van der Waals surface area contributed by atoms with Crippen LogP contribution in [0.4, 0.5) is 11.8 Å². The van der Waals surface area contributed by atoms with Crippen LogP contribution in [0.15, 0.2) is 54.6 Å². The SMILES string of the molecule is OCCN1CCN(c2nc(NCCc3ccccc3)c3ccccc3n2)CC1. The van der Waals surface area contributed by atoms with Gasteiger partial charge in [-0.2, -0.15) is 4.98 Å². The maximum Gasteiger partial charge on any atom is 0.227 e. The summed E-state index contributed by atoms with van der Waals surface area (Å²) in [5.41, 5.74) is 2.28. The number of fused-ring (bicyclic) bond motifs is 1. The summed E-state index contributed by atoms with van der Waals surface area (Å²) >= 11 is 0. The zero-order valence-corrected chi connectivity index (χ0v) is 16.1. The number of piperazine rings is 1. The molecule has 2 aromatic carbocycles. The Bertz CT molecular complexity index is 894. The zero-order chi connectivity index (χ0) is 19.2. The molecular formula is C22H27N5O. The first-order valence-corrected chi connectivity index (χ1v) is 9.96. The van der Waals surface area contributed by atoms with Gasteiger partial charge in [-0.1, -0.05) is 42.5 Å². The predicted octanol–water partition coefficient (Wildman–Crippen LogP) is 2.40. The van der Waals surface area contributed by atoms with Crippen LogP contribution in [-0.4, -0.2) is 65.8 Å². The van der Waals surface area contributed by atoms with E-state index >= 15 is 0 Å². The van der Waals surface area contributed by atoms with E-state index in [0.29, 0.717) is 0 Å². The van der Waals surface area contributed by atoms with Gasteiger partial charge in [0.2, 0.25) is 5.95 Å². The van der Waals surface area contributed by atoms with E-state index in [9.17, 15) is 0 Å². The van der Waals surface area contributed by atoms with E-state index in [-0.39, 0.29) is 6.61 Å². The van der Waals surface area contributed by atoms with Crippen LogP contribution in [0.3, 0.4) is 0 Å². The summed E-state index contributed by atoms with van der Waals surface area (Å²) in [5.74, 6) is 1.68. The maximum absolute atomic E-state index is 9.13. The van der Waals surface area contributed by atoms with E-state index in [4.69, 9.17) is 15.1 Å². The van der Waals surface area contributed by atoms with Crippen LogP contribution < -0.4 is 10.2 Å². The van der Waals surface area contributed by atoms with Crippen molar-refractivity contribution in [2.45, 2.75) is 6.42 Å². The van der Waals surface area contributed by atoms with Crippen molar-refractivity contribution < 1.29 is 5.11 Å². The molecule has 1 aromatic heterocycles. The number of aliphatic hydroxyl groups is 1. The monoisotopic (exact) mass is 377 g/mol. The molecule has 0 unspecified atom stereocenters.